The first kappa shape index (κ1) is 11.7. The summed E-state index contributed by atoms with van der Waals surface area (Å²) in [4.78, 5) is 0. The molecule has 0 aliphatic rings. The highest BCUT2D eigenvalue weighted by Crippen LogP contribution is 2.09. The number of methoxy groups -OCH3 is 1. The summed E-state index contributed by atoms with van der Waals surface area (Å²) in [5.74, 6) is 0. The van der Waals surface area contributed by atoms with E-state index in [1.165, 1.54) is 30.4 Å². The van der Waals surface area contributed by atoms with Crippen molar-refractivity contribution in [3.05, 3.63) is 35.4 Å². The van der Waals surface area contributed by atoms with Gasteiger partial charge in [-0.25, -0.2) is 0 Å². The molecule has 0 spiro atoms. The number of hydrogen-bond acceptors (Lipinski definition) is 1. The molecule has 0 aliphatic heterocycles. The van der Waals surface area contributed by atoms with Crippen LogP contribution >= 0.6 is 15.9 Å². The van der Waals surface area contributed by atoms with Gasteiger partial charge in [0.05, 0.1) is 6.61 Å². The van der Waals surface area contributed by atoms with Gasteiger partial charge in [0.1, 0.15) is 0 Å². The van der Waals surface area contributed by atoms with Crippen molar-refractivity contribution in [2.45, 2.75) is 25.9 Å². The normalized spacial score (nSPS) is 10.4. The van der Waals surface area contributed by atoms with E-state index in [4.69, 9.17) is 4.74 Å². The highest BCUT2D eigenvalue weighted by molar-refractivity contribution is 9.09. The van der Waals surface area contributed by atoms with Crippen LogP contribution in [0.25, 0.3) is 0 Å². The standard InChI is InChI=1S/C12H17BrO/c1-14-10-12-7-5-11(6-8-12)4-2-3-9-13/h5-8H,2-4,9-10H2,1H3. The van der Waals surface area contributed by atoms with Crippen molar-refractivity contribution in [2.24, 2.45) is 0 Å². The van der Waals surface area contributed by atoms with E-state index < -0.39 is 0 Å². The van der Waals surface area contributed by atoms with Gasteiger partial charge in [-0.15, -0.1) is 0 Å². The number of ether oxygens (including phenoxy) is 1. The van der Waals surface area contributed by atoms with Crippen molar-refractivity contribution in [2.75, 3.05) is 12.4 Å². The molecule has 0 bridgehead atoms. The zero-order valence-electron chi connectivity index (χ0n) is 8.63. The van der Waals surface area contributed by atoms with Crippen LogP contribution in [0.15, 0.2) is 24.3 Å². The van der Waals surface area contributed by atoms with E-state index in [2.05, 4.69) is 40.2 Å². The van der Waals surface area contributed by atoms with Gasteiger partial charge in [0.25, 0.3) is 0 Å². The van der Waals surface area contributed by atoms with Crippen LogP contribution in [0, 0.1) is 0 Å². The number of benzene rings is 1. The molecule has 0 radical (unpaired) electrons. The van der Waals surface area contributed by atoms with Crippen molar-refractivity contribution in [1.82, 2.24) is 0 Å². The lowest BCUT2D eigenvalue weighted by Crippen LogP contribution is -1.90. The molecule has 14 heavy (non-hydrogen) atoms. The number of hydrogen-bond donors (Lipinski definition) is 0. The summed E-state index contributed by atoms with van der Waals surface area (Å²) >= 11 is 3.44. The van der Waals surface area contributed by atoms with Crippen LogP contribution in [-0.4, -0.2) is 12.4 Å². The average molecular weight is 257 g/mol. The Hall–Kier alpha value is -0.340. The van der Waals surface area contributed by atoms with Gasteiger partial charge < -0.3 is 4.74 Å². The number of rotatable bonds is 6. The van der Waals surface area contributed by atoms with E-state index in [-0.39, 0.29) is 0 Å². The maximum Gasteiger partial charge on any atom is 0.0713 e. The Morgan fingerprint density at radius 3 is 2.29 bits per heavy atom. The van der Waals surface area contributed by atoms with Gasteiger partial charge in [0, 0.05) is 12.4 Å². The summed E-state index contributed by atoms with van der Waals surface area (Å²) in [6.45, 7) is 0.710. The smallest absolute Gasteiger partial charge is 0.0713 e. The Kier molecular flexibility index (Phi) is 5.88. The van der Waals surface area contributed by atoms with E-state index in [0.29, 0.717) is 6.61 Å². The van der Waals surface area contributed by atoms with Gasteiger partial charge >= 0.3 is 0 Å². The fraction of sp³-hybridized carbons (Fsp3) is 0.500. The molecule has 0 unspecified atom stereocenters. The molecule has 1 aromatic rings. The van der Waals surface area contributed by atoms with Gasteiger partial charge in [0.2, 0.25) is 0 Å². The van der Waals surface area contributed by atoms with Gasteiger partial charge in [-0.1, -0.05) is 40.2 Å². The number of halogens is 1. The quantitative estimate of drug-likeness (QED) is 0.559. The van der Waals surface area contributed by atoms with Crippen LogP contribution in [0.5, 0.6) is 0 Å². The van der Waals surface area contributed by atoms with E-state index >= 15 is 0 Å². The second-order valence-corrected chi connectivity index (χ2v) is 4.19. The van der Waals surface area contributed by atoms with Crippen LogP contribution in [0.4, 0.5) is 0 Å². The van der Waals surface area contributed by atoms with Crippen molar-refractivity contribution < 1.29 is 4.74 Å². The molecular weight excluding hydrogens is 240 g/mol. The van der Waals surface area contributed by atoms with Crippen LogP contribution in [0.1, 0.15) is 24.0 Å². The van der Waals surface area contributed by atoms with E-state index in [0.717, 1.165) is 5.33 Å². The second kappa shape index (κ2) is 7.02. The SMILES string of the molecule is COCc1ccc(CCCCBr)cc1. The third-order valence-electron chi connectivity index (χ3n) is 2.18. The highest BCUT2D eigenvalue weighted by atomic mass is 79.9. The van der Waals surface area contributed by atoms with Crippen molar-refractivity contribution in [1.29, 1.82) is 0 Å². The van der Waals surface area contributed by atoms with Crippen molar-refractivity contribution in [3.63, 3.8) is 0 Å². The fourth-order valence-corrected chi connectivity index (χ4v) is 1.79. The zero-order chi connectivity index (χ0) is 10.2. The molecule has 0 amide bonds. The highest BCUT2D eigenvalue weighted by Gasteiger charge is 1.94. The Morgan fingerprint density at radius 2 is 1.71 bits per heavy atom. The van der Waals surface area contributed by atoms with Crippen molar-refractivity contribution >= 4 is 15.9 Å². The zero-order valence-corrected chi connectivity index (χ0v) is 10.2. The summed E-state index contributed by atoms with van der Waals surface area (Å²) in [6, 6.07) is 8.69. The lowest BCUT2D eigenvalue weighted by molar-refractivity contribution is 0.185. The van der Waals surface area contributed by atoms with E-state index in [9.17, 15) is 0 Å². The van der Waals surface area contributed by atoms with Gasteiger partial charge in [-0.2, -0.15) is 0 Å². The second-order valence-electron chi connectivity index (χ2n) is 3.40. The first-order valence-electron chi connectivity index (χ1n) is 4.99. The first-order valence-corrected chi connectivity index (χ1v) is 6.11. The molecule has 0 saturated heterocycles. The minimum atomic E-state index is 0.710. The predicted octanol–water partition coefficient (Wildman–Crippen LogP) is 3.55. The Morgan fingerprint density at radius 1 is 1.07 bits per heavy atom. The van der Waals surface area contributed by atoms with E-state index in [1.807, 2.05) is 0 Å². The summed E-state index contributed by atoms with van der Waals surface area (Å²) in [7, 11) is 1.73. The molecule has 0 aromatic heterocycles. The minimum Gasteiger partial charge on any atom is -0.380 e. The Bertz CT molecular complexity index is 243. The summed E-state index contributed by atoms with van der Waals surface area (Å²) in [6.07, 6.45) is 3.69. The third kappa shape index (κ3) is 4.25. The lowest BCUT2D eigenvalue weighted by Gasteiger charge is -2.02. The molecule has 0 saturated carbocycles. The van der Waals surface area contributed by atoms with Crippen LogP contribution < -0.4 is 0 Å². The van der Waals surface area contributed by atoms with Gasteiger partial charge in [-0.3, -0.25) is 0 Å². The third-order valence-corrected chi connectivity index (χ3v) is 2.74. The molecule has 1 nitrogen and oxygen atoms in total. The van der Waals surface area contributed by atoms with Crippen molar-refractivity contribution in [3.8, 4) is 0 Å². The maximum absolute atomic E-state index is 5.06. The summed E-state index contributed by atoms with van der Waals surface area (Å²) in [5.41, 5.74) is 2.67. The number of aryl methyl sites for hydroxylation is 1. The summed E-state index contributed by atoms with van der Waals surface area (Å²) < 4.78 is 5.06. The summed E-state index contributed by atoms with van der Waals surface area (Å²) in [5, 5.41) is 1.11. The lowest BCUT2D eigenvalue weighted by atomic mass is 10.1. The topological polar surface area (TPSA) is 9.23 Å². The molecule has 78 valence electrons. The maximum atomic E-state index is 5.06. The largest absolute Gasteiger partial charge is 0.380 e. The first-order chi connectivity index (χ1) is 6.86. The van der Waals surface area contributed by atoms with E-state index in [1.54, 1.807) is 7.11 Å². The molecule has 0 aliphatic carbocycles. The predicted molar refractivity (Wildman–Crippen MR) is 63.9 cm³/mol. The molecule has 0 fully saturated rings. The number of alkyl halides is 1. The van der Waals surface area contributed by atoms with Crippen LogP contribution in [0.3, 0.4) is 0 Å². The molecule has 0 atom stereocenters. The molecule has 0 N–H and O–H groups in total. The van der Waals surface area contributed by atoms with Crippen LogP contribution in [0.2, 0.25) is 0 Å². The Balaban J connectivity index is 2.38. The molecule has 2 heteroatoms. The molecule has 1 aromatic carbocycles. The van der Waals surface area contributed by atoms with Gasteiger partial charge in [0.15, 0.2) is 0 Å². The molecule has 0 heterocycles. The minimum absolute atomic E-state index is 0.710. The molecule has 1 rings (SSSR count). The number of unbranched alkanes of at least 4 members (excludes halogenated alkanes) is 1. The molecular formula is C12H17BrO. The monoisotopic (exact) mass is 256 g/mol. The Labute approximate surface area is 94.6 Å². The van der Waals surface area contributed by atoms with Crippen LogP contribution in [-0.2, 0) is 17.8 Å². The fourth-order valence-electron chi connectivity index (χ4n) is 1.39. The average Bonchev–Trinajstić information content (AvgIpc) is 2.21. The van der Waals surface area contributed by atoms with Gasteiger partial charge in [-0.05, 0) is 30.4 Å².